The molecule has 1 aromatic heterocycles. The van der Waals surface area contributed by atoms with Gasteiger partial charge in [-0.1, -0.05) is 60.7 Å². The monoisotopic (exact) mass is 539 g/mol. The first-order valence-electron chi connectivity index (χ1n) is 11.0. The van der Waals surface area contributed by atoms with Crippen LogP contribution < -0.4 is 0 Å². The number of halogens is 2. The molecule has 9 nitrogen and oxygen atoms in total. The van der Waals surface area contributed by atoms with Crippen molar-refractivity contribution in [1.82, 2.24) is 18.9 Å². The number of imidazole rings is 1. The second-order valence-electron chi connectivity index (χ2n) is 7.74. The maximum Gasteiger partial charge on any atom is 0.347 e. The van der Waals surface area contributed by atoms with E-state index in [1.54, 1.807) is 9.34 Å². The van der Waals surface area contributed by atoms with Crippen LogP contribution in [-0.2, 0) is 35.8 Å². The molecule has 1 heterocycles. The van der Waals surface area contributed by atoms with Crippen molar-refractivity contribution in [3.8, 4) is 0 Å². The smallest absolute Gasteiger partial charge is 0.347 e. The number of aromatic nitrogens is 2. The fourth-order valence-corrected chi connectivity index (χ4v) is 6.60. The van der Waals surface area contributed by atoms with E-state index in [-0.39, 0.29) is 30.0 Å². The fourth-order valence-electron chi connectivity index (χ4n) is 3.60. The number of hydrogen-bond donors (Lipinski definition) is 0. The van der Waals surface area contributed by atoms with Gasteiger partial charge in [-0.05, 0) is 16.1 Å². The summed E-state index contributed by atoms with van der Waals surface area (Å²) in [4.78, 5) is 14.8. The average Bonchev–Trinajstić information content (AvgIpc) is 3.24. The predicted molar refractivity (Wildman–Crippen MR) is 137 cm³/mol. The Kier molecular flexibility index (Phi) is 10.3. The summed E-state index contributed by atoms with van der Waals surface area (Å²) in [5.74, 6) is 0.567. The molecule has 0 fully saturated rings. The molecule has 3 aromatic rings. The van der Waals surface area contributed by atoms with E-state index in [2.05, 4.69) is 4.98 Å². The van der Waals surface area contributed by atoms with E-state index in [4.69, 9.17) is 27.7 Å². The highest BCUT2D eigenvalue weighted by molar-refractivity contribution is 7.53. The third kappa shape index (κ3) is 7.13. The van der Waals surface area contributed by atoms with Crippen LogP contribution in [0.15, 0.2) is 66.9 Å². The van der Waals surface area contributed by atoms with Gasteiger partial charge in [-0.2, -0.15) is 0 Å². The Bertz CT molecular complexity index is 1080. The highest BCUT2D eigenvalue weighted by Crippen LogP contribution is 2.56. The summed E-state index contributed by atoms with van der Waals surface area (Å²) in [6, 6.07) is 19.2. The third-order valence-electron chi connectivity index (χ3n) is 5.42. The van der Waals surface area contributed by atoms with Crippen molar-refractivity contribution in [3.05, 3.63) is 93.9 Å². The molecule has 188 valence electrons. The zero-order chi connectivity index (χ0) is 25.3. The normalized spacial score (nSPS) is 11.9. The first-order chi connectivity index (χ1) is 16.9. The number of nitrogens with zero attached hydrogens (tertiary/aromatic N) is 5. The lowest BCUT2D eigenvalue weighted by Crippen LogP contribution is -2.35. The highest BCUT2D eigenvalue weighted by atomic mass is 35.5. The highest BCUT2D eigenvalue weighted by Gasteiger charge is 2.39. The molecule has 0 spiro atoms. The van der Waals surface area contributed by atoms with Crippen LogP contribution in [0.4, 0.5) is 5.82 Å². The van der Waals surface area contributed by atoms with Crippen molar-refractivity contribution in [2.75, 3.05) is 24.8 Å². The van der Waals surface area contributed by atoms with E-state index in [0.717, 1.165) is 17.3 Å². The van der Waals surface area contributed by atoms with Crippen LogP contribution in [0, 0.1) is 10.1 Å². The first-order valence-corrected chi connectivity index (χ1v) is 13.6. The molecule has 35 heavy (non-hydrogen) atoms. The van der Waals surface area contributed by atoms with Crippen LogP contribution in [0.25, 0.3) is 0 Å². The van der Waals surface area contributed by atoms with Gasteiger partial charge in [0.2, 0.25) is 5.82 Å². The predicted octanol–water partition coefficient (Wildman–Crippen LogP) is 5.44. The Morgan fingerprint density at radius 1 is 0.971 bits per heavy atom. The topological polar surface area (TPSA) is 93.7 Å². The van der Waals surface area contributed by atoms with Gasteiger partial charge >= 0.3 is 13.5 Å². The lowest BCUT2D eigenvalue weighted by Gasteiger charge is -2.38. The van der Waals surface area contributed by atoms with Crippen molar-refractivity contribution < 1.29 is 14.0 Å². The van der Waals surface area contributed by atoms with Crippen LogP contribution in [0.1, 0.15) is 17.0 Å². The summed E-state index contributed by atoms with van der Waals surface area (Å²) in [6.45, 7) is 1.06. The van der Waals surface area contributed by atoms with Gasteiger partial charge < -0.3 is 10.1 Å². The lowest BCUT2D eigenvalue weighted by molar-refractivity contribution is -0.391. The molecule has 0 N–H and O–H groups in total. The van der Waals surface area contributed by atoms with Gasteiger partial charge in [0.05, 0.1) is 7.05 Å². The lowest BCUT2D eigenvalue weighted by atomic mass is 10.2. The van der Waals surface area contributed by atoms with Gasteiger partial charge in [-0.15, -0.1) is 23.2 Å². The number of nitro groups is 1. The van der Waals surface area contributed by atoms with Crippen LogP contribution in [-0.4, -0.2) is 48.7 Å². The Balaban J connectivity index is 1.98. The molecule has 0 aliphatic carbocycles. The molecule has 0 saturated heterocycles. The second kappa shape index (κ2) is 13.2. The van der Waals surface area contributed by atoms with Gasteiger partial charge in [0.25, 0.3) is 0 Å². The van der Waals surface area contributed by atoms with Gasteiger partial charge in [-0.25, -0.2) is 18.9 Å². The van der Waals surface area contributed by atoms with Crippen molar-refractivity contribution in [2.45, 2.75) is 19.7 Å². The summed E-state index contributed by atoms with van der Waals surface area (Å²) in [5, 5.41) is 11.2. The summed E-state index contributed by atoms with van der Waals surface area (Å²) in [7, 11) is -2.21. The number of alkyl halides is 2. The average molecular weight is 540 g/mol. The minimum absolute atomic E-state index is 0.178. The van der Waals surface area contributed by atoms with Gasteiger partial charge in [0, 0.05) is 37.9 Å². The molecule has 0 amide bonds. The molecule has 0 bridgehead atoms. The van der Waals surface area contributed by atoms with Crippen LogP contribution in [0.3, 0.4) is 0 Å². The zero-order valence-electron chi connectivity index (χ0n) is 19.4. The maximum atomic E-state index is 14.8. The molecule has 12 heteroatoms. The first kappa shape index (κ1) is 27.3. The zero-order valence-corrected chi connectivity index (χ0v) is 21.8. The standard InChI is InChI=1S/C23H28Cl2N5O4P/c1-27-22(26-16-23(27)30(31)32)19-34-35(33,28(14-12-24)17-20-8-4-2-5-9-20)29(15-13-25)18-21-10-6-3-7-11-21/h2-11,16H,12-15,17-19H2,1H3. The van der Waals surface area contributed by atoms with Crippen LogP contribution in [0.5, 0.6) is 0 Å². The Labute approximate surface area is 214 Å². The van der Waals surface area contributed by atoms with E-state index in [9.17, 15) is 14.7 Å². The molecule has 0 atom stereocenters. The largest absolute Gasteiger partial charge is 0.358 e. The minimum atomic E-state index is -3.73. The molecule has 0 saturated carbocycles. The number of benzene rings is 2. The van der Waals surface area contributed by atoms with E-state index >= 15 is 0 Å². The molecule has 2 aromatic carbocycles. The quantitative estimate of drug-likeness (QED) is 0.116. The molecule has 0 aliphatic rings. The van der Waals surface area contributed by atoms with E-state index < -0.39 is 12.6 Å². The summed E-state index contributed by atoms with van der Waals surface area (Å²) >= 11 is 12.3. The Morgan fingerprint density at radius 2 is 1.46 bits per heavy atom. The molecule has 0 radical (unpaired) electrons. The summed E-state index contributed by atoms with van der Waals surface area (Å²) in [6.07, 6.45) is 1.16. The number of hydrogen-bond acceptors (Lipinski definition) is 5. The summed E-state index contributed by atoms with van der Waals surface area (Å²) < 4.78 is 25.7. The van der Waals surface area contributed by atoms with Crippen LogP contribution in [0.2, 0.25) is 0 Å². The van der Waals surface area contributed by atoms with Crippen molar-refractivity contribution in [2.24, 2.45) is 7.05 Å². The van der Waals surface area contributed by atoms with Gasteiger partial charge in [-0.3, -0.25) is 9.09 Å². The van der Waals surface area contributed by atoms with Gasteiger partial charge in [0.15, 0.2) is 0 Å². The summed E-state index contributed by atoms with van der Waals surface area (Å²) in [5.41, 5.74) is 1.89. The molecule has 0 unspecified atom stereocenters. The van der Waals surface area contributed by atoms with Gasteiger partial charge in [0.1, 0.15) is 12.8 Å². The van der Waals surface area contributed by atoms with Crippen molar-refractivity contribution >= 4 is 36.7 Å². The number of rotatable bonds is 14. The van der Waals surface area contributed by atoms with Crippen LogP contribution >= 0.6 is 30.9 Å². The van der Waals surface area contributed by atoms with E-state index in [1.807, 2.05) is 60.7 Å². The fraction of sp³-hybridized carbons (Fsp3) is 0.348. The Morgan fingerprint density at radius 3 is 1.86 bits per heavy atom. The second-order valence-corrected chi connectivity index (χ2v) is 10.9. The molecular formula is C23H28Cl2N5O4P. The molecule has 3 rings (SSSR count). The molecule has 0 aliphatic heterocycles. The third-order valence-corrected chi connectivity index (χ3v) is 8.34. The molecular weight excluding hydrogens is 512 g/mol. The Hall–Kier alpha value is -2.26. The van der Waals surface area contributed by atoms with E-state index in [1.165, 1.54) is 11.6 Å². The minimum Gasteiger partial charge on any atom is -0.358 e. The van der Waals surface area contributed by atoms with Crippen molar-refractivity contribution in [3.63, 3.8) is 0 Å². The SMILES string of the molecule is Cn1c([N+](=O)[O-])cnc1COP(=O)(N(CCCl)Cc1ccccc1)N(CCCl)Cc1ccccc1. The van der Waals surface area contributed by atoms with Crippen molar-refractivity contribution in [1.29, 1.82) is 0 Å². The maximum absolute atomic E-state index is 14.8. The van der Waals surface area contributed by atoms with E-state index in [0.29, 0.717) is 26.2 Å².